The van der Waals surface area contributed by atoms with Crippen LogP contribution in [0.1, 0.15) is 38.2 Å². The number of nitrogens with zero attached hydrogens (tertiary/aromatic N) is 2. The summed E-state index contributed by atoms with van der Waals surface area (Å²) in [5.41, 5.74) is 1.94. The van der Waals surface area contributed by atoms with Crippen LogP contribution >= 0.6 is 0 Å². The molecule has 0 N–H and O–H groups in total. The summed E-state index contributed by atoms with van der Waals surface area (Å²) in [6, 6.07) is 11.3. The second-order valence-corrected chi connectivity index (χ2v) is 5.86. The Morgan fingerprint density at radius 1 is 1.45 bits per heavy atom. The van der Waals surface area contributed by atoms with Crippen molar-refractivity contribution in [3.8, 4) is 6.07 Å². The first kappa shape index (κ1) is 13.5. The molecule has 20 heavy (non-hydrogen) atoms. The van der Waals surface area contributed by atoms with Crippen LogP contribution < -0.4 is 4.90 Å². The van der Waals surface area contributed by atoms with Gasteiger partial charge in [-0.25, -0.2) is 0 Å². The van der Waals surface area contributed by atoms with Crippen molar-refractivity contribution in [2.75, 3.05) is 24.7 Å². The van der Waals surface area contributed by atoms with Gasteiger partial charge in [-0.2, -0.15) is 5.26 Å². The van der Waals surface area contributed by atoms with Crippen molar-refractivity contribution in [1.29, 1.82) is 5.26 Å². The van der Waals surface area contributed by atoms with Gasteiger partial charge in [0.1, 0.15) is 5.41 Å². The van der Waals surface area contributed by atoms with Crippen molar-refractivity contribution >= 4 is 5.69 Å². The third kappa shape index (κ3) is 1.91. The van der Waals surface area contributed by atoms with Crippen LogP contribution in [0.15, 0.2) is 24.3 Å². The normalized spacial score (nSPS) is 27.2. The zero-order chi connectivity index (χ0) is 14.0. The third-order valence-corrected chi connectivity index (χ3v) is 4.69. The number of fused-ring (bicyclic) bond motifs is 3. The highest BCUT2D eigenvalue weighted by Crippen LogP contribution is 2.49. The van der Waals surface area contributed by atoms with E-state index in [0.29, 0.717) is 12.6 Å². The highest BCUT2D eigenvalue weighted by molar-refractivity contribution is 5.67. The molecule has 0 spiro atoms. The highest BCUT2D eigenvalue weighted by atomic mass is 16.5. The Hall–Kier alpha value is -1.53. The van der Waals surface area contributed by atoms with E-state index in [1.165, 1.54) is 17.7 Å². The Morgan fingerprint density at radius 3 is 3.10 bits per heavy atom. The van der Waals surface area contributed by atoms with Crippen molar-refractivity contribution < 1.29 is 4.74 Å². The number of anilines is 1. The van der Waals surface area contributed by atoms with E-state index in [0.717, 1.165) is 32.4 Å². The van der Waals surface area contributed by atoms with Gasteiger partial charge in [0, 0.05) is 24.4 Å². The predicted octanol–water partition coefficient (Wildman–Crippen LogP) is 3.25. The largest absolute Gasteiger partial charge is 0.379 e. The number of benzene rings is 1. The molecule has 1 fully saturated rings. The summed E-state index contributed by atoms with van der Waals surface area (Å²) in [4.78, 5) is 2.42. The van der Waals surface area contributed by atoms with Crippen LogP contribution in [-0.2, 0) is 10.2 Å². The summed E-state index contributed by atoms with van der Waals surface area (Å²) >= 11 is 0. The van der Waals surface area contributed by atoms with E-state index in [1.807, 2.05) is 6.07 Å². The molecule has 2 aliphatic rings. The first-order valence-corrected chi connectivity index (χ1v) is 7.68. The Morgan fingerprint density at radius 2 is 2.30 bits per heavy atom. The standard InChI is InChI=1S/C17H22N2O/c1-2-3-11-20-13-17(12-18)14-7-4-5-8-15(14)19-10-6-9-16(17)19/h4-5,7-8,16H,2-3,6,9-11,13H2,1H3/t16-,17+/m1/s1. The van der Waals surface area contributed by atoms with E-state index in [-0.39, 0.29) is 0 Å². The zero-order valence-electron chi connectivity index (χ0n) is 12.1. The average molecular weight is 270 g/mol. The number of hydrogen-bond donors (Lipinski definition) is 0. The van der Waals surface area contributed by atoms with Gasteiger partial charge in [0.25, 0.3) is 0 Å². The summed E-state index contributed by atoms with van der Waals surface area (Å²) in [5, 5.41) is 9.91. The van der Waals surface area contributed by atoms with Gasteiger partial charge in [0.05, 0.1) is 18.7 Å². The van der Waals surface area contributed by atoms with E-state index in [1.54, 1.807) is 0 Å². The monoisotopic (exact) mass is 270 g/mol. The predicted molar refractivity (Wildman–Crippen MR) is 79.8 cm³/mol. The van der Waals surface area contributed by atoms with Gasteiger partial charge in [0.2, 0.25) is 0 Å². The zero-order valence-corrected chi connectivity index (χ0v) is 12.1. The molecule has 0 saturated carbocycles. The van der Waals surface area contributed by atoms with Gasteiger partial charge >= 0.3 is 0 Å². The molecule has 0 unspecified atom stereocenters. The maximum Gasteiger partial charge on any atom is 0.128 e. The van der Waals surface area contributed by atoms with Crippen LogP contribution in [0.2, 0.25) is 0 Å². The smallest absolute Gasteiger partial charge is 0.128 e. The first-order chi connectivity index (χ1) is 9.83. The summed E-state index contributed by atoms with van der Waals surface area (Å²) in [6.45, 7) is 4.52. The first-order valence-electron chi connectivity index (χ1n) is 7.68. The molecule has 106 valence electrons. The molecule has 0 aliphatic carbocycles. The van der Waals surface area contributed by atoms with E-state index >= 15 is 0 Å². The van der Waals surface area contributed by atoms with Crippen molar-refractivity contribution in [3.05, 3.63) is 29.8 Å². The van der Waals surface area contributed by atoms with E-state index in [4.69, 9.17) is 4.74 Å². The molecule has 2 aliphatic heterocycles. The maximum absolute atomic E-state index is 9.91. The van der Waals surface area contributed by atoms with Crippen LogP contribution in [0.4, 0.5) is 5.69 Å². The maximum atomic E-state index is 9.91. The van der Waals surface area contributed by atoms with E-state index in [2.05, 4.69) is 36.1 Å². The second kappa shape index (κ2) is 5.46. The van der Waals surface area contributed by atoms with Gasteiger partial charge in [0.15, 0.2) is 0 Å². The fourth-order valence-corrected chi connectivity index (χ4v) is 3.67. The molecule has 1 aromatic rings. The van der Waals surface area contributed by atoms with Crippen LogP contribution in [0, 0.1) is 11.3 Å². The van der Waals surface area contributed by atoms with Crippen molar-refractivity contribution in [1.82, 2.24) is 0 Å². The lowest BCUT2D eigenvalue weighted by Gasteiger charge is -2.29. The SMILES string of the molecule is CCCCOC[C@@]1(C#N)c2ccccc2N2CCC[C@@H]21. The van der Waals surface area contributed by atoms with Gasteiger partial charge in [-0.15, -0.1) is 0 Å². The Bertz CT molecular complexity index is 522. The van der Waals surface area contributed by atoms with Gasteiger partial charge in [-0.05, 0) is 25.3 Å². The molecule has 2 atom stereocenters. The van der Waals surface area contributed by atoms with Crippen molar-refractivity contribution in [2.24, 2.45) is 0 Å². The topological polar surface area (TPSA) is 36.3 Å². The van der Waals surface area contributed by atoms with Crippen molar-refractivity contribution in [3.63, 3.8) is 0 Å². The average Bonchev–Trinajstić information content (AvgIpc) is 3.05. The molecule has 1 aromatic carbocycles. The fourth-order valence-electron chi connectivity index (χ4n) is 3.67. The molecular formula is C17H22N2O. The molecule has 0 radical (unpaired) electrons. The molecule has 3 heteroatoms. The minimum absolute atomic E-state index is 0.298. The van der Waals surface area contributed by atoms with Crippen LogP contribution in [0.5, 0.6) is 0 Å². The number of rotatable bonds is 5. The van der Waals surface area contributed by atoms with Crippen LogP contribution in [-0.4, -0.2) is 25.8 Å². The molecule has 2 heterocycles. The Labute approximate surface area is 121 Å². The number of unbranched alkanes of at least 4 members (excludes halogenated alkanes) is 1. The number of hydrogen-bond acceptors (Lipinski definition) is 3. The fraction of sp³-hybridized carbons (Fsp3) is 0.588. The second-order valence-electron chi connectivity index (χ2n) is 5.86. The minimum atomic E-state index is -0.471. The summed E-state index contributed by atoms with van der Waals surface area (Å²) in [5.74, 6) is 0. The lowest BCUT2D eigenvalue weighted by atomic mass is 9.77. The molecule has 0 aromatic heterocycles. The molecule has 0 amide bonds. The van der Waals surface area contributed by atoms with E-state index in [9.17, 15) is 5.26 Å². The molecule has 1 saturated heterocycles. The lowest BCUT2D eigenvalue weighted by molar-refractivity contribution is 0.0930. The Balaban J connectivity index is 1.90. The third-order valence-electron chi connectivity index (χ3n) is 4.69. The summed E-state index contributed by atoms with van der Waals surface area (Å²) in [7, 11) is 0. The summed E-state index contributed by atoms with van der Waals surface area (Å²) < 4.78 is 5.87. The minimum Gasteiger partial charge on any atom is -0.379 e. The number of ether oxygens (including phenoxy) is 1. The molecule has 3 nitrogen and oxygen atoms in total. The summed E-state index contributed by atoms with van der Waals surface area (Å²) in [6.07, 6.45) is 4.47. The van der Waals surface area contributed by atoms with Crippen LogP contribution in [0.3, 0.4) is 0 Å². The van der Waals surface area contributed by atoms with Gasteiger partial charge < -0.3 is 9.64 Å². The van der Waals surface area contributed by atoms with Gasteiger partial charge in [-0.3, -0.25) is 0 Å². The lowest BCUT2D eigenvalue weighted by Crippen LogP contribution is -2.43. The van der Waals surface area contributed by atoms with Crippen LogP contribution in [0.25, 0.3) is 0 Å². The molecule has 3 rings (SSSR count). The number of nitriles is 1. The quantitative estimate of drug-likeness (QED) is 0.771. The van der Waals surface area contributed by atoms with E-state index < -0.39 is 5.41 Å². The highest BCUT2D eigenvalue weighted by Gasteiger charge is 2.53. The molecule has 0 bridgehead atoms. The molecular weight excluding hydrogens is 248 g/mol. The number of para-hydroxylation sites is 1. The Kier molecular flexibility index (Phi) is 3.67. The van der Waals surface area contributed by atoms with Gasteiger partial charge in [-0.1, -0.05) is 31.5 Å². The van der Waals surface area contributed by atoms with Crippen molar-refractivity contribution in [2.45, 2.75) is 44.1 Å².